The third kappa shape index (κ3) is 2.30. The molecule has 82 valence electrons. The molecule has 0 saturated heterocycles. The Morgan fingerprint density at radius 1 is 1.38 bits per heavy atom. The number of carboxylic acids is 1. The topological polar surface area (TPSA) is 55.1 Å². The molecule has 0 aliphatic carbocycles. The maximum absolute atomic E-state index is 10.8. The van der Waals surface area contributed by atoms with Crippen molar-refractivity contribution in [2.24, 2.45) is 0 Å². The number of hydrogen-bond acceptors (Lipinski definition) is 2. The minimum atomic E-state index is -1.01. The zero-order chi connectivity index (χ0) is 11.5. The maximum Gasteiger partial charge on any atom is 0.372 e. The van der Waals surface area contributed by atoms with Crippen molar-refractivity contribution < 1.29 is 9.90 Å². The van der Waals surface area contributed by atoms with Crippen LogP contribution in [0.15, 0.2) is 41.1 Å². The van der Waals surface area contributed by atoms with Crippen LogP contribution in [0.2, 0.25) is 0 Å². The van der Waals surface area contributed by atoms with E-state index in [1.807, 2.05) is 24.3 Å². The molecule has 2 aromatic rings. The molecule has 0 radical (unpaired) electrons. The van der Waals surface area contributed by atoms with Crippen LogP contribution in [0.3, 0.4) is 0 Å². The average Bonchev–Trinajstić information content (AvgIpc) is 2.69. The molecule has 1 heterocycles. The number of rotatable bonds is 3. The third-order valence-electron chi connectivity index (χ3n) is 2.17. The highest BCUT2D eigenvalue weighted by molar-refractivity contribution is 9.10. The molecule has 0 amide bonds. The van der Waals surface area contributed by atoms with Gasteiger partial charge in [0.2, 0.25) is 5.82 Å². The monoisotopic (exact) mass is 280 g/mol. The molecular formula is C11H9BrN2O2. The molecule has 16 heavy (non-hydrogen) atoms. The van der Waals surface area contributed by atoms with Crippen LogP contribution < -0.4 is 0 Å². The summed E-state index contributed by atoms with van der Waals surface area (Å²) >= 11 is 3.35. The van der Waals surface area contributed by atoms with Gasteiger partial charge in [-0.25, -0.2) is 9.78 Å². The molecule has 0 spiro atoms. The van der Waals surface area contributed by atoms with Gasteiger partial charge < -0.3 is 9.67 Å². The van der Waals surface area contributed by atoms with Crippen LogP contribution in [-0.4, -0.2) is 20.6 Å². The third-order valence-corrected chi connectivity index (χ3v) is 2.70. The molecule has 0 saturated carbocycles. The summed E-state index contributed by atoms with van der Waals surface area (Å²) in [7, 11) is 0. The highest BCUT2D eigenvalue weighted by Gasteiger charge is 2.10. The standard InChI is InChI=1S/C11H9BrN2O2/c12-9-3-1-8(2-4-9)7-14-6-5-13-10(14)11(15)16/h1-6H,7H2,(H,15,16). The summed E-state index contributed by atoms with van der Waals surface area (Å²) in [5.41, 5.74) is 1.03. The second-order valence-electron chi connectivity index (χ2n) is 3.31. The minimum absolute atomic E-state index is 0.0583. The molecule has 0 atom stereocenters. The first kappa shape index (κ1) is 10.9. The number of carboxylic acid groups (broad SMARTS) is 1. The number of carbonyl (C=O) groups is 1. The summed E-state index contributed by atoms with van der Waals surface area (Å²) < 4.78 is 2.60. The summed E-state index contributed by atoms with van der Waals surface area (Å²) in [6.45, 7) is 0.509. The molecule has 1 N–H and O–H groups in total. The zero-order valence-electron chi connectivity index (χ0n) is 8.30. The molecule has 1 aromatic heterocycles. The Balaban J connectivity index is 2.23. The molecule has 4 nitrogen and oxygen atoms in total. The summed E-state index contributed by atoms with van der Waals surface area (Å²) in [6, 6.07) is 7.73. The minimum Gasteiger partial charge on any atom is -0.475 e. The number of aromatic nitrogens is 2. The van der Waals surface area contributed by atoms with Crippen LogP contribution >= 0.6 is 15.9 Å². The van der Waals surface area contributed by atoms with Gasteiger partial charge in [0.15, 0.2) is 0 Å². The first-order valence-corrected chi connectivity index (χ1v) is 5.45. The van der Waals surface area contributed by atoms with Gasteiger partial charge in [-0.15, -0.1) is 0 Å². The van der Waals surface area contributed by atoms with E-state index in [4.69, 9.17) is 5.11 Å². The van der Waals surface area contributed by atoms with Crippen molar-refractivity contribution >= 4 is 21.9 Å². The summed E-state index contributed by atoms with van der Waals surface area (Å²) in [4.78, 5) is 14.6. The average molecular weight is 281 g/mol. The van der Waals surface area contributed by atoms with Gasteiger partial charge in [0.05, 0.1) is 0 Å². The fourth-order valence-corrected chi connectivity index (χ4v) is 1.69. The highest BCUT2D eigenvalue weighted by Crippen LogP contribution is 2.12. The van der Waals surface area contributed by atoms with E-state index in [2.05, 4.69) is 20.9 Å². The Morgan fingerprint density at radius 2 is 2.06 bits per heavy atom. The largest absolute Gasteiger partial charge is 0.475 e. The van der Waals surface area contributed by atoms with Crippen molar-refractivity contribution in [3.63, 3.8) is 0 Å². The molecule has 5 heteroatoms. The Bertz CT molecular complexity index is 505. The lowest BCUT2D eigenvalue weighted by Crippen LogP contribution is -2.09. The van der Waals surface area contributed by atoms with Crippen molar-refractivity contribution in [2.75, 3.05) is 0 Å². The van der Waals surface area contributed by atoms with E-state index < -0.39 is 5.97 Å². The van der Waals surface area contributed by atoms with Gasteiger partial charge in [0, 0.05) is 23.4 Å². The van der Waals surface area contributed by atoms with Crippen molar-refractivity contribution in [3.8, 4) is 0 Å². The van der Waals surface area contributed by atoms with Crippen LogP contribution in [-0.2, 0) is 6.54 Å². The van der Waals surface area contributed by atoms with E-state index in [0.29, 0.717) is 6.54 Å². The molecule has 0 fully saturated rings. The number of aromatic carboxylic acids is 1. The van der Waals surface area contributed by atoms with Gasteiger partial charge >= 0.3 is 5.97 Å². The SMILES string of the molecule is O=C(O)c1nccn1Cc1ccc(Br)cc1. The van der Waals surface area contributed by atoms with Crippen LogP contribution in [0.4, 0.5) is 0 Å². The van der Waals surface area contributed by atoms with Gasteiger partial charge in [0.1, 0.15) is 0 Å². The molecule has 0 aliphatic rings. The molecule has 0 unspecified atom stereocenters. The van der Waals surface area contributed by atoms with Gasteiger partial charge in [-0.2, -0.15) is 0 Å². The van der Waals surface area contributed by atoms with Crippen molar-refractivity contribution in [1.82, 2.24) is 9.55 Å². The van der Waals surface area contributed by atoms with E-state index in [1.54, 1.807) is 10.8 Å². The summed E-state index contributed by atoms with van der Waals surface area (Å²) in [6.07, 6.45) is 3.15. The molecule has 0 bridgehead atoms. The number of benzene rings is 1. The number of halogens is 1. The highest BCUT2D eigenvalue weighted by atomic mass is 79.9. The molecular weight excluding hydrogens is 272 g/mol. The maximum atomic E-state index is 10.8. The van der Waals surface area contributed by atoms with Gasteiger partial charge in [-0.3, -0.25) is 0 Å². The fourth-order valence-electron chi connectivity index (χ4n) is 1.42. The Kier molecular flexibility index (Phi) is 3.05. The van der Waals surface area contributed by atoms with Gasteiger partial charge in [-0.1, -0.05) is 28.1 Å². The Labute approximate surface area is 101 Å². The Morgan fingerprint density at radius 3 is 2.69 bits per heavy atom. The van der Waals surface area contributed by atoms with Crippen LogP contribution in [0.1, 0.15) is 16.2 Å². The predicted octanol–water partition coefficient (Wildman–Crippen LogP) is 2.39. The fraction of sp³-hybridized carbons (Fsp3) is 0.0909. The van der Waals surface area contributed by atoms with Crippen LogP contribution in [0.5, 0.6) is 0 Å². The number of hydrogen-bond donors (Lipinski definition) is 1. The summed E-state index contributed by atoms with van der Waals surface area (Å²) in [5, 5.41) is 8.89. The van der Waals surface area contributed by atoms with Crippen molar-refractivity contribution in [3.05, 3.63) is 52.5 Å². The zero-order valence-corrected chi connectivity index (χ0v) is 9.89. The van der Waals surface area contributed by atoms with Crippen LogP contribution in [0.25, 0.3) is 0 Å². The smallest absolute Gasteiger partial charge is 0.372 e. The quantitative estimate of drug-likeness (QED) is 0.939. The lowest BCUT2D eigenvalue weighted by Gasteiger charge is -2.05. The normalized spacial score (nSPS) is 10.3. The Hall–Kier alpha value is -1.62. The molecule has 1 aromatic carbocycles. The second-order valence-corrected chi connectivity index (χ2v) is 4.23. The summed E-state index contributed by atoms with van der Waals surface area (Å²) in [5.74, 6) is -0.954. The van der Waals surface area contributed by atoms with Crippen molar-refractivity contribution in [1.29, 1.82) is 0 Å². The lowest BCUT2D eigenvalue weighted by molar-refractivity contribution is 0.0679. The number of nitrogens with zero attached hydrogens (tertiary/aromatic N) is 2. The number of imidazole rings is 1. The van der Waals surface area contributed by atoms with E-state index in [-0.39, 0.29) is 5.82 Å². The predicted molar refractivity (Wildman–Crippen MR) is 62.4 cm³/mol. The lowest BCUT2D eigenvalue weighted by atomic mass is 10.2. The van der Waals surface area contributed by atoms with Gasteiger partial charge in [0.25, 0.3) is 0 Å². The molecule has 2 rings (SSSR count). The van der Waals surface area contributed by atoms with E-state index in [1.165, 1.54) is 6.20 Å². The van der Waals surface area contributed by atoms with E-state index >= 15 is 0 Å². The first-order valence-electron chi connectivity index (χ1n) is 4.65. The van der Waals surface area contributed by atoms with E-state index in [9.17, 15) is 4.79 Å². The van der Waals surface area contributed by atoms with Crippen LogP contribution in [0, 0.1) is 0 Å². The van der Waals surface area contributed by atoms with Gasteiger partial charge in [-0.05, 0) is 17.7 Å². The first-order chi connectivity index (χ1) is 7.66. The van der Waals surface area contributed by atoms with E-state index in [0.717, 1.165) is 10.0 Å². The molecule has 0 aliphatic heterocycles. The second kappa shape index (κ2) is 4.49. The van der Waals surface area contributed by atoms with Crippen molar-refractivity contribution in [2.45, 2.75) is 6.54 Å².